The number of nitrogens with zero attached hydrogens (tertiary/aromatic N) is 2. The molecule has 1 unspecified atom stereocenters. The van der Waals surface area contributed by atoms with Gasteiger partial charge in [-0.15, -0.1) is 0 Å². The molecule has 0 saturated carbocycles. The molecule has 1 heterocycles. The van der Waals surface area contributed by atoms with Gasteiger partial charge in [-0.1, -0.05) is 12.1 Å². The van der Waals surface area contributed by atoms with E-state index in [1.54, 1.807) is 12.1 Å². The maximum absolute atomic E-state index is 13.7. The fourth-order valence-corrected chi connectivity index (χ4v) is 2.04. The molecule has 16 heavy (non-hydrogen) atoms. The van der Waals surface area contributed by atoms with E-state index in [1.165, 1.54) is 6.07 Å². The molecule has 0 amide bonds. The third kappa shape index (κ3) is 2.21. The molecule has 2 N–H and O–H groups in total. The third-order valence-corrected chi connectivity index (χ3v) is 2.90. The second-order valence-electron chi connectivity index (χ2n) is 4.17. The first kappa shape index (κ1) is 11.1. The Bertz CT molecular complexity index is 425. The van der Waals surface area contributed by atoms with Crippen molar-refractivity contribution in [2.45, 2.75) is 19.0 Å². The highest BCUT2D eigenvalue weighted by Crippen LogP contribution is 2.17. The molecule has 0 spiro atoms. The normalized spacial score (nSPS) is 20.9. The van der Waals surface area contributed by atoms with Gasteiger partial charge in [0.15, 0.2) is 0 Å². The van der Waals surface area contributed by atoms with Crippen molar-refractivity contribution in [3.05, 3.63) is 35.1 Å². The Morgan fingerprint density at radius 1 is 1.56 bits per heavy atom. The Kier molecular flexibility index (Phi) is 3.18. The van der Waals surface area contributed by atoms with E-state index in [-0.39, 0.29) is 11.6 Å². The molecule has 0 aromatic heterocycles. The van der Waals surface area contributed by atoms with Crippen LogP contribution in [0.1, 0.15) is 17.5 Å². The van der Waals surface area contributed by atoms with Crippen molar-refractivity contribution in [2.24, 2.45) is 5.73 Å². The summed E-state index contributed by atoms with van der Waals surface area (Å²) in [5, 5.41) is 8.72. The lowest BCUT2D eigenvalue weighted by Gasteiger charge is -2.15. The fraction of sp³-hybridized carbons (Fsp3) is 0.417. The Hall–Kier alpha value is -1.44. The van der Waals surface area contributed by atoms with Gasteiger partial charge in [0.2, 0.25) is 0 Å². The van der Waals surface area contributed by atoms with Crippen molar-refractivity contribution < 1.29 is 4.39 Å². The summed E-state index contributed by atoms with van der Waals surface area (Å²) in [5.41, 5.74) is 6.47. The maximum Gasteiger partial charge on any atom is 0.145 e. The summed E-state index contributed by atoms with van der Waals surface area (Å²) in [6, 6.07) is 6.98. The molecule has 1 aliphatic heterocycles. The van der Waals surface area contributed by atoms with Crippen LogP contribution in [0.15, 0.2) is 18.2 Å². The number of hydrogen-bond acceptors (Lipinski definition) is 3. The molecule has 0 radical (unpaired) electrons. The first-order valence-electron chi connectivity index (χ1n) is 5.36. The van der Waals surface area contributed by atoms with Crippen molar-refractivity contribution in [1.82, 2.24) is 4.90 Å². The first-order chi connectivity index (χ1) is 7.70. The molecule has 1 aromatic rings. The second kappa shape index (κ2) is 4.60. The summed E-state index contributed by atoms with van der Waals surface area (Å²) in [4.78, 5) is 2.12. The lowest BCUT2D eigenvalue weighted by atomic mass is 10.1. The molecule has 2 rings (SSSR count). The van der Waals surface area contributed by atoms with E-state index in [1.807, 2.05) is 6.07 Å². The average molecular weight is 219 g/mol. The van der Waals surface area contributed by atoms with Gasteiger partial charge in [0, 0.05) is 31.2 Å². The van der Waals surface area contributed by atoms with Crippen molar-refractivity contribution >= 4 is 0 Å². The highest BCUT2D eigenvalue weighted by Gasteiger charge is 2.20. The van der Waals surface area contributed by atoms with Crippen LogP contribution < -0.4 is 5.73 Å². The van der Waals surface area contributed by atoms with Crippen LogP contribution in [0.2, 0.25) is 0 Å². The van der Waals surface area contributed by atoms with E-state index in [0.29, 0.717) is 12.1 Å². The number of halogens is 1. The highest BCUT2D eigenvalue weighted by molar-refractivity contribution is 5.34. The second-order valence-corrected chi connectivity index (χ2v) is 4.17. The first-order valence-corrected chi connectivity index (χ1v) is 5.36. The monoisotopic (exact) mass is 219 g/mol. The molecular formula is C12H14FN3. The number of nitrogens with two attached hydrogens (primary N) is 1. The number of benzene rings is 1. The van der Waals surface area contributed by atoms with E-state index >= 15 is 0 Å². The van der Waals surface area contributed by atoms with Crippen molar-refractivity contribution in [2.75, 3.05) is 13.1 Å². The van der Waals surface area contributed by atoms with Crippen LogP contribution in [0.4, 0.5) is 4.39 Å². The zero-order valence-corrected chi connectivity index (χ0v) is 8.99. The highest BCUT2D eigenvalue weighted by atomic mass is 19.1. The molecule has 84 valence electrons. The molecule has 3 nitrogen and oxygen atoms in total. The number of nitriles is 1. The van der Waals surface area contributed by atoms with Crippen LogP contribution >= 0.6 is 0 Å². The third-order valence-electron chi connectivity index (χ3n) is 2.90. The Morgan fingerprint density at radius 2 is 2.38 bits per heavy atom. The smallest absolute Gasteiger partial charge is 0.145 e. The van der Waals surface area contributed by atoms with Crippen LogP contribution in [-0.2, 0) is 6.54 Å². The number of likely N-dealkylation sites (tertiary alicyclic amines) is 1. The van der Waals surface area contributed by atoms with E-state index in [9.17, 15) is 4.39 Å². The summed E-state index contributed by atoms with van der Waals surface area (Å²) < 4.78 is 13.7. The summed E-state index contributed by atoms with van der Waals surface area (Å²) in [6.45, 7) is 2.24. The summed E-state index contributed by atoms with van der Waals surface area (Å²) in [6.07, 6.45) is 0.958. The van der Waals surface area contributed by atoms with E-state index in [4.69, 9.17) is 11.0 Å². The molecule has 0 aliphatic carbocycles. The molecule has 4 heteroatoms. The maximum atomic E-state index is 13.7. The summed E-state index contributed by atoms with van der Waals surface area (Å²) in [5.74, 6) is -0.398. The Balaban J connectivity index is 2.13. The largest absolute Gasteiger partial charge is 0.326 e. The fourth-order valence-electron chi connectivity index (χ4n) is 2.04. The Morgan fingerprint density at radius 3 is 3.00 bits per heavy atom. The van der Waals surface area contributed by atoms with Gasteiger partial charge in [0.1, 0.15) is 11.9 Å². The van der Waals surface area contributed by atoms with Crippen LogP contribution in [0.3, 0.4) is 0 Å². The van der Waals surface area contributed by atoms with E-state index in [2.05, 4.69) is 4.90 Å². The SMILES string of the molecule is N#Cc1cccc(CN2CCC(N)C2)c1F. The van der Waals surface area contributed by atoms with Crippen molar-refractivity contribution in [1.29, 1.82) is 5.26 Å². The minimum atomic E-state index is -0.398. The van der Waals surface area contributed by atoms with Crippen LogP contribution in [0, 0.1) is 17.1 Å². The Labute approximate surface area is 94.3 Å². The predicted molar refractivity (Wildman–Crippen MR) is 59.0 cm³/mol. The molecule has 1 aromatic carbocycles. The van der Waals surface area contributed by atoms with Crippen LogP contribution in [0.25, 0.3) is 0 Å². The van der Waals surface area contributed by atoms with Crippen LogP contribution in [0.5, 0.6) is 0 Å². The van der Waals surface area contributed by atoms with Crippen molar-refractivity contribution in [3.63, 3.8) is 0 Å². The lowest BCUT2D eigenvalue weighted by Crippen LogP contribution is -2.26. The van der Waals surface area contributed by atoms with Gasteiger partial charge in [0.25, 0.3) is 0 Å². The minimum absolute atomic E-state index is 0.112. The molecule has 1 saturated heterocycles. The van der Waals surface area contributed by atoms with Gasteiger partial charge in [0.05, 0.1) is 5.56 Å². The van der Waals surface area contributed by atoms with E-state index in [0.717, 1.165) is 19.5 Å². The predicted octanol–water partition coefficient (Wildman–Crippen LogP) is 1.23. The van der Waals surface area contributed by atoms with Crippen LogP contribution in [-0.4, -0.2) is 24.0 Å². The quantitative estimate of drug-likeness (QED) is 0.814. The van der Waals surface area contributed by atoms with Crippen molar-refractivity contribution in [3.8, 4) is 6.07 Å². The molecule has 1 aliphatic rings. The lowest BCUT2D eigenvalue weighted by molar-refractivity contribution is 0.321. The van der Waals surface area contributed by atoms with Gasteiger partial charge in [-0.2, -0.15) is 5.26 Å². The molecular weight excluding hydrogens is 205 g/mol. The number of hydrogen-bond donors (Lipinski definition) is 1. The zero-order chi connectivity index (χ0) is 11.5. The van der Waals surface area contributed by atoms with Gasteiger partial charge in [-0.3, -0.25) is 4.90 Å². The van der Waals surface area contributed by atoms with Gasteiger partial charge < -0.3 is 5.73 Å². The van der Waals surface area contributed by atoms with Gasteiger partial charge in [-0.05, 0) is 12.5 Å². The summed E-state index contributed by atoms with van der Waals surface area (Å²) >= 11 is 0. The average Bonchev–Trinajstić information content (AvgIpc) is 2.67. The standard InChI is InChI=1S/C12H14FN3/c13-12-9(6-14)2-1-3-10(12)7-16-5-4-11(15)8-16/h1-3,11H,4-5,7-8,15H2. The molecule has 1 fully saturated rings. The minimum Gasteiger partial charge on any atom is -0.326 e. The number of rotatable bonds is 2. The van der Waals surface area contributed by atoms with Gasteiger partial charge in [-0.25, -0.2) is 4.39 Å². The van der Waals surface area contributed by atoms with Gasteiger partial charge >= 0.3 is 0 Å². The zero-order valence-electron chi connectivity index (χ0n) is 8.99. The van der Waals surface area contributed by atoms with E-state index < -0.39 is 5.82 Å². The topological polar surface area (TPSA) is 53.0 Å². The molecule has 1 atom stereocenters. The summed E-state index contributed by atoms with van der Waals surface area (Å²) in [7, 11) is 0. The molecule has 0 bridgehead atoms.